The lowest BCUT2D eigenvalue weighted by atomic mass is 10.0. The van der Waals surface area contributed by atoms with Gasteiger partial charge in [-0.1, -0.05) is 18.5 Å². The van der Waals surface area contributed by atoms with Gasteiger partial charge in [0.1, 0.15) is 11.6 Å². The number of hydrogen-bond acceptors (Lipinski definition) is 1. The monoisotopic (exact) mass is 206 g/mol. The van der Waals surface area contributed by atoms with E-state index in [9.17, 15) is 8.78 Å². The third-order valence-corrected chi connectivity index (χ3v) is 2.23. The minimum absolute atomic E-state index is 0.0316. The average molecular weight is 207 g/mol. The van der Waals surface area contributed by atoms with Crippen LogP contribution in [0.15, 0.2) is 12.1 Å². The van der Waals surface area contributed by atoms with Crippen LogP contribution in [0.2, 0.25) is 5.02 Å². The molecule has 0 saturated heterocycles. The van der Waals surface area contributed by atoms with Crippen LogP contribution in [-0.4, -0.2) is 11.7 Å². The van der Waals surface area contributed by atoms with Crippen molar-refractivity contribution in [1.29, 1.82) is 0 Å². The number of halogens is 3. The van der Waals surface area contributed by atoms with E-state index >= 15 is 0 Å². The maximum absolute atomic E-state index is 13.1. The van der Waals surface area contributed by atoms with Gasteiger partial charge in [0.25, 0.3) is 0 Å². The first kappa shape index (κ1) is 10.4. The SMILES string of the molecule is CC(CO)c1c(F)ccc(F)c1Cl. The van der Waals surface area contributed by atoms with Crippen LogP contribution in [0.25, 0.3) is 0 Å². The molecule has 0 radical (unpaired) electrons. The van der Waals surface area contributed by atoms with E-state index in [1.165, 1.54) is 0 Å². The van der Waals surface area contributed by atoms with Crippen molar-refractivity contribution in [2.45, 2.75) is 12.8 Å². The fourth-order valence-corrected chi connectivity index (χ4v) is 1.43. The Labute approximate surface area is 80.0 Å². The molecule has 1 nitrogen and oxygen atoms in total. The third-order valence-electron chi connectivity index (χ3n) is 1.85. The predicted molar refractivity (Wildman–Crippen MR) is 46.9 cm³/mol. The van der Waals surface area contributed by atoms with Gasteiger partial charge >= 0.3 is 0 Å². The Bertz CT molecular complexity index is 315. The quantitative estimate of drug-likeness (QED) is 0.738. The second kappa shape index (κ2) is 4.03. The van der Waals surface area contributed by atoms with Gasteiger partial charge in [0.05, 0.1) is 5.02 Å². The van der Waals surface area contributed by atoms with Gasteiger partial charge in [-0.3, -0.25) is 0 Å². The van der Waals surface area contributed by atoms with Crippen LogP contribution >= 0.6 is 11.6 Å². The fraction of sp³-hybridized carbons (Fsp3) is 0.333. The van der Waals surface area contributed by atoms with Crippen molar-refractivity contribution in [2.24, 2.45) is 0 Å². The van der Waals surface area contributed by atoms with Crippen molar-refractivity contribution < 1.29 is 13.9 Å². The van der Waals surface area contributed by atoms with E-state index in [2.05, 4.69) is 0 Å². The first-order chi connectivity index (χ1) is 6.07. The molecule has 1 atom stereocenters. The number of rotatable bonds is 2. The lowest BCUT2D eigenvalue weighted by Crippen LogP contribution is -2.04. The molecule has 1 aromatic carbocycles. The second-order valence-corrected chi connectivity index (χ2v) is 3.22. The van der Waals surface area contributed by atoms with Crippen LogP contribution in [0.4, 0.5) is 8.78 Å². The largest absolute Gasteiger partial charge is 0.396 e. The highest BCUT2D eigenvalue weighted by molar-refractivity contribution is 6.31. The van der Waals surface area contributed by atoms with Gasteiger partial charge in [-0.05, 0) is 12.1 Å². The van der Waals surface area contributed by atoms with E-state index in [1.807, 2.05) is 0 Å². The molecule has 1 N–H and O–H groups in total. The van der Waals surface area contributed by atoms with E-state index in [1.54, 1.807) is 6.92 Å². The minimum atomic E-state index is -0.668. The summed E-state index contributed by atoms with van der Waals surface area (Å²) in [6.45, 7) is 1.31. The van der Waals surface area contributed by atoms with Gasteiger partial charge in [-0.2, -0.15) is 0 Å². The lowest BCUT2D eigenvalue weighted by Gasteiger charge is -2.11. The molecule has 0 aliphatic rings. The minimum Gasteiger partial charge on any atom is -0.396 e. The number of aliphatic hydroxyl groups is 1. The summed E-state index contributed by atoms with van der Waals surface area (Å²) in [5.41, 5.74) is 0.0316. The van der Waals surface area contributed by atoms with Crippen molar-refractivity contribution in [3.05, 3.63) is 34.4 Å². The smallest absolute Gasteiger partial charge is 0.142 e. The van der Waals surface area contributed by atoms with E-state index < -0.39 is 17.6 Å². The molecule has 0 spiro atoms. The third kappa shape index (κ3) is 1.98. The summed E-state index contributed by atoms with van der Waals surface area (Å²) in [6.07, 6.45) is 0. The van der Waals surface area contributed by atoms with Crippen LogP contribution < -0.4 is 0 Å². The molecule has 0 aliphatic carbocycles. The molecule has 0 aliphatic heterocycles. The Kier molecular flexibility index (Phi) is 3.22. The maximum atomic E-state index is 13.1. The highest BCUT2D eigenvalue weighted by Crippen LogP contribution is 2.29. The number of benzene rings is 1. The van der Waals surface area contributed by atoms with Crippen molar-refractivity contribution in [2.75, 3.05) is 6.61 Å². The molecule has 0 saturated carbocycles. The Hall–Kier alpha value is -0.670. The molecule has 4 heteroatoms. The number of hydrogen-bond donors (Lipinski definition) is 1. The van der Waals surface area contributed by atoms with E-state index in [-0.39, 0.29) is 17.2 Å². The maximum Gasteiger partial charge on any atom is 0.142 e. The molecule has 1 rings (SSSR count). The highest BCUT2D eigenvalue weighted by Gasteiger charge is 2.16. The summed E-state index contributed by atoms with van der Waals surface area (Å²) in [4.78, 5) is 0. The summed E-state index contributed by atoms with van der Waals surface area (Å²) in [6, 6.07) is 1.97. The Morgan fingerprint density at radius 3 is 2.46 bits per heavy atom. The first-order valence-electron chi connectivity index (χ1n) is 3.82. The first-order valence-corrected chi connectivity index (χ1v) is 4.20. The van der Waals surface area contributed by atoms with Gasteiger partial charge in [0.2, 0.25) is 0 Å². The molecule has 0 heterocycles. The van der Waals surface area contributed by atoms with E-state index in [4.69, 9.17) is 16.7 Å². The van der Waals surface area contributed by atoms with Crippen LogP contribution in [0.1, 0.15) is 18.4 Å². The Balaban J connectivity index is 3.25. The van der Waals surface area contributed by atoms with Crippen LogP contribution in [0.3, 0.4) is 0 Å². The predicted octanol–water partition coefficient (Wildman–Crippen LogP) is 2.71. The standard InChI is InChI=1S/C9H9ClF2O/c1-5(4-13)8-6(11)2-3-7(12)9(8)10/h2-3,5,13H,4H2,1H3. The summed E-state index contributed by atoms with van der Waals surface area (Å²) >= 11 is 5.55. The second-order valence-electron chi connectivity index (χ2n) is 2.84. The number of aliphatic hydroxyl groups excluding tert-OH is 1. The van der Waals surface area contributed by atoms with Crippen LogP contribution in [0.5, 0.6) is 0 Å². The van der Waals surface area contributed by atoms with Gasteiger partial charge in [-0.15, -0.1) is 0 Å². The average Bonchev–Trinajstić information content (AvgIpc) is 2.12. The lowest BCUT2D eigenvalue weighted by molar-refractivity contribution is 0.270. The normalized spacial score (nSPS) is 13.0. The Morgan fingerprint density at radius 1 is 1.38 bits per heavy atom. The molecule has 0 amide bonds. The summed E-state index contributed by atoms with van der Waals surface area (Å²) < 4.78 is 26.0. The summed E-state index contributed by atoms with van der Waals surface area (Å²) in [5.74, 6) is -1.76. The molecule has 0 bridgehead atoms. The van der Waals surface area contributed by atoms with Gasteiger partial charge in [-0.25, -0.2) is 8.78 Å². The van der Waals surface area contributed by atoms with E-state index in [0.29, 0.717) is 0 Å². The van der Waals surface area contributed by atoms with Gasteiger partial charge < -0.3 is 5.11 Å². The van der Waals surface area contributed by atoms with Gasteiger partial charge in [0.15, 0.2) is 0 Å². The Morgan fingerprint density at radius 2 is 1.92 bits per heavy atom. The van der Waals surface area contributed by atoms with Crippen molar-refractivity contribution in [3.8, 4) is 0 Å². The molecule has 72 valence electrons. The molecule has 13 heavy (non-hydrogen) atoms. The zero-order valence-corrected chi connectivity index (χ0v) is 7.78. The molecule has 0 fully saturated rings. The van der Waals surface area contributed by atoms with Gasteiger partial charge in [0, 0.05) is 18.1 Å². The molecule has 1 unspecified atom stereocenters. The summed E-state index contributed by atoms with van der Waals surface area (Å²) in [7, 11) is 0. The molecule has 0 aromatic heterocycles. The highest BCUT2D eigenvalue weighted by atomic mass is 35.5. The molecular weight excluding hydrogens is 198 g/mol. The van der Waals surface area contributed by atoms with Crippen molar-refractivity contribution >= 4 is 11.6 Å². The zero-order valence-electron chi connectivity index (χ0n) is 7.02. The molecular formula is C9H9ClF2O. The fourth-order valence-electron chi connectivity index (χ4n) is 1.09. The zero-order chi connectivity index (χ0) is 10.0. The topological polar surface area (TPSA) is 20.2 Å². The molecule has 1 aromatic rings. The summed E-state index contributed by atoms with van der Waals surface area (Å²) in [5, 5.41) is 8.53. The van der Waals surface area contributed by atoms with Crippen LogP contribution in [-0.2, 0) is 0 Å². The van der Waals surface area contributed by atoms with Crippen molar-refractivity contribution in [3.63, 3.8) is 0 Å². The van der Waals surface area contributed by atoms with Crippen LogP contribution in [0, 0.1) is 11.6 Å². The van der Waals surface area contributed by atoms with E-state index in [0.717, 1.165) is 12.1 Å². The van der Waals surface area contributed by atoms with Crippen molar-refractivity contribution in [1.82, 2.24) is 0 Å².